The van der Waals surface area contributed by atoms with Gasteiger partial charge in [-0.1, -0.05) is 17.7 Å². The summed E-state index contributed by atoms with van der Waals surface area (Å²) in [4.78, 5) is 12.9. The van der Waals surface area contributed by atoms with Crippen LogP contribution in [0.25, 0.3) is 0 Å². The molecule has 1 aliphatic rings. The van der Waals surface area contributed by atoms with Crippen LogP contribution in [0.1, 0.15) is 35.7 Å². The number of fused-ring (bicyclic) bond motifs is 1. The van der Waals surface area contributed by atoms with E-state index in [1.54, 1.807) is 7.11 Å². The Morgan fingerprint density at radius 2 is 2.16 bits per heavy atom. The molecule has 2 aromatic rings. The molecule has 0 saturated carbocycles. The summed E-state index contributed by atoms with van der Waals surface area (Å²) in [5.41, 5.74) is 3.21. The number of aromatic nitrogens is 3. The number of hydrogen-bond donors (Lipinski definition) is 0. The SMILES string of the molecule is COc1c(Cl)ncnc1C1CCCc2cccnc21. The lowest BCUT2D eigenvalue weighted by Gasteiger charge is -2.24. The molecule has 0 aromatic carbocycles. The Morgan fingerprint density at radius 3 is 3.00 bits per heavy atom. The summed E-state index contributed by atoms with van der Waals surface area (Å²) in [7, 11) is 1.59. The van der Waals surface area contributed by atoms with Crippen molar-refractivity contribution in [2.75, 3.05) is 7.11 Å². The molecule has 1 atom stereocenters. The Balaban J connectivity index is 2.12. The van der Waals surface area contributed by atoms with Gasteiger partial charge in [0.1, 0.15) is 6.33 Å². The van der Waals surface area contributed by atoms with Gasteiger partial charge in [0.05, 0.1) is 18.5 Å². The first kappa shape index (κ1) is 12.4. The van der Waals surface area contributed by atoms with E-state index in [2.05, 4.69) is 21.0 Å². The van der Waals surface area contributed by atoms with Crippen molar-refractivity contribution < 1.29 is 4.74 Å². The van der Waals surface area contributed by atoms with Crippen LogP contribution in [0.2, 0.25) is 5.15 Å². The van der Waals surface area contributed by atoms with E-state index in [9.17, 15) is 0 Å². The highest BCUT2D eigenvalue weighted by Gasteiger charge is 2.27. The largest absolute Gasteiger partial charge is 0.492 e. The minimum atomic E-state index is 0.139. The fraction of sp³-hybridized carbons (Fsp3) is 0.357. The number of nitrogens with zero attached hydrogens (tertiary/aromatic N) is 3. The highest BCUT2D eigenvalue weighted by Crippen LogP contribution is 2.39. The second kappa shape index (κ2) is 5.13. The molecule has 98 valence electrons. The molecule has 3 rings (SSSR count). The maximum atomic E-state index is 6.08. The molecule has 2 aromatic heterocycles. The number of ether oxygens (including phenoxy) is 1. The normalized spacial score (nSPS) is 17.9. The van der Waals surface area contributed by atoms with Crippen molar-refractivity contribution in [3.63, 3.8) is 0 Å². The highest BCUT2D eigenvalue weighted by molar-refractivity contribution is 6.30. The minimum Gasteiger partial charge on any atom is -0.492 e. The van der Waals surface area contributed by atoms with Gasteiger partial charge in [0, 0.05) is 12.1 Å². The van der Waals surface area contributed by atoms with Crippen LogP contribution in [0.15, 0.2) is 24.7 Å². The van der Waals surface area contributed by atoms with E-state index in [-0.39, 0.29) is 5.92 Å². The van der Waals surface area contributed by atoms with Gasteiger partial charge >= 0.3 is 0 Å². The lowest BCUT2D eigenvalue weighted by Crippen LogP contribution is -2.15. The average molecular weight is 276 g/mol. The molecule has 19 heavy (non-hydrogen) atoms. The number of hydrogen-bond acceptors (Lipinski definition) is 4. The maximum Gasteiger partial charge on any atom is 0.178 e. The zero-order valence-electron chi connectivity index (χ0n) is 10.6. The third kappa shape index (κ3) is 2.16. The van der Waals surface area contributed by atoms with Crippen LogP contribution in [0.4, 0.5) is 0 Å². The highest BCUT2D eigenvalue weighted by atomic mass is 35.5. The van der Waals surface area contributed by atoms with Gasteiger partial charge in [-0.15, -0.1) is 0 Å². The van der Waals surface area contributed by atoms with E-state index in [0.29, 0.717) is 10.9 Å². The van der Waals surface area contributed by atoms with E-state index >= 15 is 0 Å². The predicted molar refractivity (Wildman–Crippen MR) is 72.6 cm³/mol. The maximum absolute atomic E-state index is 6.08. The molecule has 0 fully saturated rings. The Bertz CT molecular complexity index is 603. The molecule has 4 nitrogen and oxygen atoms in total. The minimum absolute atomic E-state index is 0.139. The van der Waals surface area contributed by atoms with Gasteiger partial charge in [-0.2, -0.15) is 0 Å². The van der Waals surface area contributed by atoms with Crippen LogP contribution in [0.3, 0.4) is 0 Å². The topological polar surface area (TPSA) is 47.9 Å². The summed E-state index contributed by atoms with van der Waals surface area (Å²) < 4.78 is 5.36. The van der Waals surface area contributed by atoms with Crippen LogP contribution in [-0.4, -0.2) is 22.1 Å². The Hall–Kier alpha value is -1.68. The van der Waals surface area contributed by atoms with Gasteiger partial charge in [-0.3, -0.25) is 4.98 Å². The van der Waals surface area contributed by atoms with Crippen molar-refractivity contribution in [3.05, 3.63) is 46.8 Å². The Labute approximate surface area is 116 Å². The molecule has 1 unspecified atom stereocenters. The zero-order valence-corrected chi connectivity index (χ0v) is 11.4. The third-order valence-corrected chi connectivity index (χ3v) is 3.79. The second-order valence-corrected chi connectivity index (χ2v) is 4.93. The molecular formula is C14H14ClN3O. The first-order chi connectivity index (χ1) is 9.31. The molecule has 0 amide bonds. The molecule has 5 heteroatoms. The first-order valence-electron chi connectivity index (χ1n) is 6.29. The number of pyridine rings is 1. The van der Waals surface area contributed by atoms with Gasteiger partial charge in [0.15, 0.2) is 10.9 Å². The average Bonchev–Trinajstić information content (AvgIpc) is 2.46. The van der Waals surface area contributed by atoms with Gasteiger partial charge in [0.2, 0.25) is 0 Å². The summed E-state index contributed by atoms with van der Waals surface area (Å²) in [5.74, 6) is 0.702. The summed E-state index contributed by atoms with van der Waals surface area (Å²) in [6, 6.07) is 4.11. The molecule has 2 heterocycles. The van der Waals surface area contributed by atoms with Crippen molar-refractivity contribution in [1.82, 2.24) is 15.0 Å². The number of halogens is 1. The molecule has 0 spiro atoms. The molecule has 0 bridgehead atoms. The molecule has 0 saturated heterocycles. The first-order valence-corrected chi connectivity index (χ1v) is 6.67. The fourth-order valence-corrected chi connectivity index (χ4v) is 2.89. The van der Waals surface area contributed by atoms with Crippen molar-refractivity contribution in [2.24, 2.45) is 0 Å². The lowest BCUT2D eigenvalue weighted by molar-refractivity contribution is 0.398. The number of rotatable bonds is 2. The molecule has 0 radical (unpaired) electrons. The summed E-state index contributed by atoms with van der Waals surface area (Å²) in [6.45, 7) is 0. The van der Waals surface area contributed by atoms with Gasteiger partial charge in [-0.25, -0.2) is 9.97 Å². The Kier molecular flexibility index (Phi) is 3.34. The van der Waals surface area contributed by atoms with E-state index < -0.39 is 0 Å². The summed E-state index contributed by atoms with van der Waals surface area (Å²) >= 11 is 6.08. The van der Waals surface area contributed by atoms with Crippen molar-refractivity contribution in [3.8, 4) is 5.75 Å². The van der Waals surface area contributed by atoms with Crippen LogP contribution >= 0.6 is 11.6 Å². The molecule has 0 N–H and O–H groups in total. The molecular weight excluding hydrogens is 262 g/mol. The lowest BCUT2D eigenvalue weighted by atomic mass is 9.84. The van der Waals surface area contributed by atoms with Crippen molar-refractivity contribution in [1.29, 1.82) is 0 Å². The second-order valence-electron chi connectivity index (χ2n) is 4.58. The van der Waals surface area contributed by atoms with Crippen LogP contribution < -0.4 is 4.74 Å². The van der Waals surface area contributed by atoms with E-state index in [1.165, 1.54) is 11.9 Å². The zero-order chi connectivity index (χ0) is 13.2. The third-order valence-electron chi connectivity index (χ3n) is 3.52. The molecule has 1 aliphatic carbocycles. The van der Waals surface area contributed by atoms with E-state index in [1.807, 2.05) is 12.3 Å². The molecule has 0 aliphatic heterocycles. The monoisotopic (exact) mass is 275 g/mol. The smallest absolute Gasteiger partial charge is 0.178 e. The van der Waals surface area contributed by atoms with E-state index in [0.717, 1.165) is 30.7 Å². The summed E-state index contributed by atoms with van der Waals surface area (Å²) in [5, 5.41) is 0.357. The summed E-state index contributed by atoms with van der Waals surface area (Å²) in [6.07, 6.45) is 6.51. The number of aryl methyl sites for hydroxylation is 1. The van der Waals surface area contributed by atoms with E-state index in [4.69, 9.17) is 16.3 Å². The van der Waals surface area contributed by atoms with Gasteiger partial charge in [-0.05, 0) is 30.9 Å². The predicted octanol–water partition coefficient (Wildman–Crippen LogP) is 3.00. The quantitative estimate of drug-likeness (QED) is 0.791. The Morgan fingerprint density at radius 1 is 1.26 bits per heavy atom. The van der Waals surface area contributed by atoms with Gasteiger partial charge in [0.25, 0.3) is 0 Å². The fourth-order valence-electron chi connectivity index (χ4n) is 2.68. The number of methoxy groups -OCH3 is 1. The van der Waals surface area contributed by atoms with Crippen molar-refractivity contribution in [2.45, 2.75) is 25.2 Å². The van der Waals surface area contributed by atoms with Crippen LogP contribution in [0.5, 0.6) is 5.75 Å². The van der Waals surface area contributed by atoms with Gasteiger partial charge < -0.3 is 4.74 Å². The van der Waals surface area contributed by atoms with Crippen LogP contribution in [-0.2, 0) is 6.42 Å². The van der Waals surface area contributed by atoms with Crippen molar-refractivity contribution >= 4 is 11.6 Å². The van der Waals surface area contributed by atoms with Crippen LogP contribution in [0, 0.1) is 0 Å². The standard InChI is InChI=1S/C14H14ClN3O/c1-19-13-12(17-8-18-14(13)15)10-6-2-4-9-5-3-7-16-11(9)10/h3,5,7-8,10H,2,4,6H2,1H3.